The molecule has 3 aromatic carbocycles. The fourth-order valence-corrected chi connectivity index (χ4v) is 6.23. The van der Waals surface area contributed by atoms with Crippen molar-refractivity contribution < 1.29 is 19.1 Å². The Labute approximate surface area is 260 Å². The van der Waals surface area contributed by atoms with Crippen LogP contribution in [0.4, 0.5) is 0 Å². The van der Waals surface area contributed by atoms with Crippen molar-refractivity contribution in [1.29, 1.82) is 0 Å². The van der Waals surface area contributed by atoms with Crippen molar-refractivity contribution >= 4 is 41.0 Å². The number of carbonyl (C=O) groups excluding carboxylic acids is 2. The van der Waals surface area contributed by atoms with Crippen molar-refractivity contribution in [2.24, 2.45) is 4.99 Å². The highest BCUT2D eigenvalue weighted by molar-refractivity contribution is 7.07. The van der Waals surface area contributed by atoms with Gasteiger partial charge in [-0.3, -0.25) is 14.2 Å². The van der Waals surface area contributed by atoms with Crippen molar-refractivity contribution in [2.45, 2.75) is 19.9 Å². The number of aromatic nitrogens is 3. The van der Waals surface area contributed by atoms with Crippen LogP contribution in [0.2, 0.25) is 5.02 Å². The van der Waals surface area contributed by atoms with Crippen LogP contribution in [0, 0.1) is 0 Å². The number of allylic oxidation sites excluding steroid dienone is 1. The number of methoxy groups -OCH3 is 1. The molecule has 0 amide bonds. The van der Waals surface area contributed by atoms with Gasteiger partial charge >= 0.3 is 11.9 Å². The summed E-state index contributed by atoms with van der Waals surface area (Å²) in [7, 11) is 1.29. The van der Waals surface area contributed by atoms with Crippen LogP contribution in [0.3, 0.4) is 0 Å². The Hall–Kier alpha value is -5.06. The lowest BCUT2D eigenvalue weighted by Gasteiger charge is -2.24. The summed E-state index contributed by atoms with van der Waals surface area (Å²) in [4.78, 5) is 43.6. The number of para-hydroxylation sites is 1. The maximum atomic E-state index is 14.1. The summed E-state index contributed by atoms with van der Waals surface area (Å²) in [5.41, 5.74) is 4.06. The molecule has 0 N–H and O–H groups in total. The summed E-state index contributed by atoms with van der Waals surface area (Å²) in [6, 6.07) is 22.9. The molecule has 0 radical (unpaired) electrons. The van der Waals surface area contributed by atoms with Gasteiger partial charge in [-0.15, -0.1) is 0 Å². The van der Waals surface area contributed by atoms with Crippen molar-refractivity contribution in [3.63, 3.8) is 0 Å². The van der Waals surface area contributed by atoms with Crippen LogP contribution >= 0.6 is 22.9 Å². The topological polar surface area (TPSA) is 105 Å². The largest absolute Gasteiger partial charge is 0.466 e. The summed E-state index contributed by atoms with van der Waals surface area (Å²) in [5, 5.41) is 5.45. The number of benzene rings is 3. The zero-order valence-electron chi connectivity index (χ0n) is 23.9. The highest BCUT2D eigenvalue weighted by Crippen LogP contribution is 2.32. The summed E-state index contributed by atoms with van der Waals surface area (Å²) >= 11 is 7.37. The average Bonchev–Trinajstić information content (AvgIpc) is 3.57. The third-order valence-corrected chi connectivity index (χ3v) is 8.29. The first-order valence-electron chi connectivity index (χ1n) is 13.5. The number of hydrogen-bond acceptors (Lipinski definition) is 8. The van der Waals surface area contributed by atoms with Crippen LogP contribution in [0.1, 0.15) is 31.0 Å². The fraction of sp³-hybridized carbons (Fsp3) is 0.121. The molecule has 44 heavy (non-hydrogen) atoms. The van der Waals surface area contributed by atoms with Gasteiger partial charge in [-0.05, 0) is 55.0 Å². The molecule has 11 heteroatoms. The van der Waals surface area contributed by atoms with E-state index in [0.29, 0.717) is 42.6 Å². The van der Waals surface area contributed by atoms with Crippen LogP contribution in [-0.2, 0) is 14.3 Å². The Morgan fingerprint density at radius 1 is 1.00 bits per heavy atom. The molecule has 0 aliphatic carbocycles. The first-order chi connectivity index (χ1) is 21.2. The molecule has 1 atom stereocenters. The molecule has 220 valence electrons. The minimum absolute atomic E-state index is 0.241. The Bertz CT molecular complexity index is 2110. The molecule has 2 aromatic heterocycles. The molecule has 9 nitrogen and oxygen atoms in total. The van der Waals surface area contributed by atoms with Crippen molar-refractivity contribution in [3.8, 4) is 22.7 Å². The minimum atomic E-state index is -0.810. The summed E-state index contributed by atoms with van der Waals surface area (Å²) in [6.45, 7) is 3.03. The SMILES string of the molecule is COC(=O)C1=C(C)N=c2s/c(=C\c3cn(-c4ccccc4)nc3-c3ccc(Cl)cc3)c(=O)n2C1c1ccc(OC(C)=O)cc1. The Morgan fingerprint density at radius 3 is 2.36 bits per heavy atom. The van der Waals surface area contributed by atoms with Gasteiger partial charge in [0.15, 0.2) is 4.80 Å². The van der Waals surface area contributed by atoms with Gasteiger partial charge in [0.05, 0.1) is 34.6 Å². The number of rotatable bonds is 6. The standard InChI is InChI=1S/C33H25ClN4O5S/c1-19-28(32(41)42-3)30(22-11-15-26(16-12-22)43-20(2)39)38-31(40)27(44-33(38)35-19)17-23-18-37(25-7-5-4-6-8-25)36-29(23)21-9-13-24(34)14-10-21/h4-18,30H,1-3H3/b27-17-. The highest BCUT2D eigenvalue weighted by atomic mass is 35.5. The number of ether oxygens (including phenoxy) is 2. The zero-order chi connectivity index (χ0) is 31.0. The molecule has 1 aliphatic heterocycles. The van der Waals surface area contributed by atoms with E-state index in [2.05, 4.69) is 4.99 Å². The number of nitrogens with zero attached hydrogens (tertiary/aromatic N) is 4. The molecule has 0 spiro atoms. The third-order valence-electron chi connectivity index (χ3n) is 7.05. The van der Waals surface area contributed by atoms with E-state index in [1.807, 2.05) is 48.7 Å². The third kappa shape index (κ3) is 5.52. The molecule has 1 aliphatic rings. The number of fused-ring (bicyclic) bond motifs is 1. The fourth-order valence-electron chi connectivity index (χ4n) is 5.07. The van der Waals surface area contributed by atoms with E-state index in [9.17, 15) is 14.4 Å². The lowest BCUT2D eigenvalue weighted by Crippen LogP contribution is -2.39. The van der Waals surface area contributed by atoms with Crippen LogP contribution in [0.25, 0.3) is 23.0 Å². The molecular formula is C33H25ClN4O5S. The molecule has 1 unspecified atom stereocenters. The number of halogens is 1. The Morgan fingerprint density at radius 2 is 1.70 bits per heavy atom. The summed E-state index contributed by atoms with van der Waals surface area (Å²) < 4.78 is 13.9. The normalized spacial score (nSPS) is 14.6. The molecule has 0 saturated heterocycles. The van der Waals surface area contributed by atoms with Gasteiger partial charge in [0.25, 0.3) is 5.56 Å². The molecule has 0 fully saturated rings. The molecule has 3 heterocycles. The smallest absolute Gasteiger partial charge is 0.338 e. The summed E-state index contributed by atoms with van der Waals surface area (Å²) in [5.74, 6) is -0.701. The van der Waals surface area contributed by atoms with Gasteiger partial charge < -0.3 is 9.47 Å². The first-order valence-corrected chi connectivity index (χ1v) is 14.7. The van der Waals surface area contributed by atoms with Crippen LogP contribution < -0.4 is 19.6 Å². The number of thiazole rings is 1. The Balaban J connectivity index is 1.53. The van der Waals surface area contributed by atoms with Gasteiger partial charge in [-0.2, -0.15) is 5.10 Å². The highest BCUT2D eigenvalue weighted by Gasteiger charge is 2.33. The lowest BCUT2D eigenvalue weighted by molar-refractivity contribution is -0.136. The Kier molecular flexibility index (Phi) is 7.86. The van der Waals surface area contributed by atoms with E-state index in [1.165, 1.54) is 29.9 Å². The van der Waals surface area contributed by atoms with E-state index < -0.39 is 18.0 Å². The van der Waals surface area contributed by atoms with E-state index in [4.69, 9.17) is 26.2 Å². The molecular weight excluding hydrogens is 600 g/mol. The monoisotopic (exact) mass is 624 g/mol. The first kappa shape index (κ1) is 29.0. The van der Waals surface area contributed by atoms with Crippen molar-refractivity contribution in [2.75, 3.05) is 7.11 Å². The molecule has 6 rings (SSSR count). The second kappa shape index (κ2) is 11.9. The van der Waals surface area contributed by atoms with Crippen LogP contribution in [-0.4, -0.2) is 33.4 Å². The van der Waals surface area contributed by atoms with E-state index >= 15 is 0 Å². The zero-order valence-corrected chi connectivity index (χ0v) is 25.4. The molecule has 0 saturated carbocycles. The molecule has 5 aromatic rings. The second-order valence-corrected chi connectivity index (χ2v) is 11.4. The number of carbonyl (C=O) groups is 2. The maximum absolute atomic E-state index is 14.1. The predicted molar refractivity (Wildman–Crippen MR) is 168 cm³/mol. The van der Waals surface area contributed by atoms with Crippen molar-refractivity contribution in [1.82, 2.24) is 14.3 Å². The van der Waals surface area contributed by atoms with E-state index in [1.54, 1.807) is 54.1 Å². The summed E-state index contributed by atoms with van der Waals surface area (Å²) in [6.07, 6.45) is 3.66. The minimum Gasteiger partial charge on any atom is -0.466 e. The number of hydrogen-bond donors (Lipinski definition) is 0. The maximum Gasteiger partial charge on any atom is 0.338 e. The average molecular weight is 625 g/mol. The van der Waals surface area contributed by atoms with Crippen LogP contribution in [0.15, 0.2) is 106 Å². The predicted octanol–water partition coefficient (Wildman–Crippen LogP) is 4.84. The molecule has 0 bridgehead atoms. The van der Waals surface area contributed by atoms with E-state index in [0.717, 1.165) is 11.3 Å². The van der Waals surface area contributed by atoms with Gasteiger partial charge in [-0.25, -0.2) is 14.5 Å². The van der Waals surface area contributed by atoms with Gasteiger partial charge in [0.2, 0.25) is 0 Å². The van der Waals surface area contributed by atoms with Crippen LogP contribution in [0.5, 0.6) is 5.75 Å². The quantitative estimate of drug-likeness (QED) is 0.198. The second-order valence-electron chi connectivity index (χ2n) is 9.96. The van der Waals surface area contributed by atoms with Crippen molar-refractivity contribution in [3.05, 3.63) is 132 Å². The van der Waals surface area contributed by atoms with E-state index in [-0.39, 0.29) is 11.1 Å². The lowest BCUT2D eigenvalue weighted by atomic mass is 9.96. The number of esters is 2. The van der Waals surface area contributed by atoms with Gasteiger partial charge in [0, 0.05) is 29.3 Å². The van der Waals surface area contributed by atoms with Gasteiger partial charge in [-0.1, -0.05) is 65.4 Å². The van der Waals surface area contributed by atoms with Gasteiger partial charge in [0.1, 0.15) is 11.4 Å².